The first-order valence-corrected chi connectivity index (χ1v) is 9.55. The molecule has 0 aromatic carbocycles. The lowest BCUT2D eigenvalue weighted by molar-refractivity contribution is -0.130. The van der Waals surface area contributed by atoms with Crippen molar-refractivity contribution in [3.63, 3.8) is 0 Å². The second-order valence-corrected chi connectivity index (χ2v) is 7.37. The molecule has 0 spiro atoms. The van der Waals surface area contributed by atoms with Crippen LogP contribution in [0.25, 0.3) is 0 Å². The normalized spacial score (nSPS) is 28.9. The van der Waals surface area contributed by atoms with Gasteiger partial charge in [-0.1, -0.05) is 6.42 Å². The van der Waals surface area contributed by atoms with Crippen LogP contribution in [-0.2, 0) is 9.53 Å². The van der Waals surface area contributed by atoms with Crippen LogP contribution in [0.1, 0.15) is 45.4 Å². The van der Waals surface area contributed by atoms with Crippen molar-refractivity contribution < 1.29 is 9.53 Å². The fraction of sp³-hybridized carbons (Fsp3) is 0.944. The van der Waals surface area contributed by atoms with E-state index in [-0.39, 0.29) is 5.91 Å². The van der Waals surface area contributed by atoms with E-state index in [4.69, 9.17) is 4.74 Å². The Hall–Kier alpha value is -0.650. The van der Waals surface area contributed by atoms with E-state index >= 15 is 0 Å². The van der Waals surface area contributed by atoms with E-state index in [9.17, 15) is 4.79 Å². The summed E-state index contributed by atoms with van der Waals surface area (Å²) in [6, 6.07) is 1.45. The number of carbonyl (C=O) groups is 1. The van der Waals surface area contributed by atoms with Crippen molar-refractivity contribution >= 4 is 5.91 Å². The minimum atomic E-state index is 0.242. The SMILES string of the molecule is CC(=O)N1CCC(N2CCCCC2CCN2CCOCC2)CC1. The predicted octanol–water partition coefficient (Wildman–Crippen LogP) is 1.57. The van der Waals surface area contributed by atoms with Gasteiger partial charge < -0.3 is 9.64 Å². The van der Waals surface area contributed by atoms with Crippen LogP contribution in [-0.4, -0.2) is 85.2 Å². The lowest BCUT2D eigenvalue weighted by atomic mass is 9.93. The first-order chi connectivity index (χ1) is 11.2. The number of likely N-dealkylation sites (tertiary alicyclic amines) is 2. The fourth-order valence-electron chi connectivity index (χ4n) is 4.48. The first kappa shape index (κ1) is 17.2. The molecule has 5 nitrogen and oxygen atoms in total. The van der Waals surface area contributed by atoms with Gasteiger partial charge >= 0.3 is 0 Å². The van der Waals surface area contributed by atoms with Crippen LogP contribution in [0.4, 0.5) is 0 Å². The van der Waals surface area contributed by atoms with Gasteiger partial charge in [-0.05, 0) is 45.2 Å². The standard InChI is InChI=1S/C18H33N3O2/c1-16(22)20-10-6-18(7-11-20)21-8-3-2-4-17(21)5-9-19-12-14-23-15-13-19/h17-18H,2-15H2,1H3. The molecule has 0 saturated carbocycles. The second-order valence-electron chi connectivity index (χ2n) is 7.37. The number of morpholine rings is 1. The van der Waals surface area contributed by atoms with Crippen LogP contribution in [0.3, 0.4) is 0 Å². The molecule has 1 amide bonds. The molecule has 1 atom stereocenters. The van der Waals surface area contributed by atoms with E-state index in [1.807, 2.05) is 4.90 Å². The molecule has 3 aliphatic heterocycles. The van der Waals surface area contributed by atoms with Crippen molar-refractivity contribution in [2.24, 2.45) is 0 Å². The topological polar surface area (TPSA) is 36.0 Å². The molecule has 0 aliphatic carbocycles. The number of hydrogen-bond donors (Lipinski definition) is 0. The summed E-state index contributed by atoms with van der Waals surface area (Å²) in [6.07, 6.45) is 7.71. The Labute approximate surface area is 140 Å². The van der Waals surface area contributed by atoms with Gasteiger partial charge in [-0.25, -0.2) is 0 Å². The van der Waals surface area contributed by atoms with Gasteiger partial charge in [0.15, 0.2) is 0 Å². The average molecular weight is 323 g/mol. The molecule has 23 heavy (non-hydrogen) atoms. The molecule has 0 aromatic heterocycles. The third-order valence-electron chi connectivity index (χ3n) is 5.93. The molecule has 0 radical (unpaired) electrons. The van der Waals surface area contributed by atoms with Gasteiger partial charge in [0, 0.05) is 45.2 Å². The fourth-order valence-corrected chi connectivity index (χ4v) is 4.48. The van der Waals surface area contributed by atoms with Gasteiger partial charge in [-0.3, -0.25) is 14.6 Å². The molecule has 132 valence electrons. The summed E-state index contributed by atoms with van der Waals surface area (Å²) in [5.41, 5.74) is 0. The van der Waals surface area contributed by atoms with E-state index in [1.165, 1.54) is 38.8 Å². The quantitative estimate of drug-likeness (QED) is 0.787. The minimum Gasteiger partial charge on any atom is -0.379 e. The summed E-state index contributed by atoms with van der Waals surface area (Å²) in [4.78, 5) is 18.9. The lowest BCUT2D eigenvalue weighted by Crippen LogP contribution is -2.52. The zero-order chi connectivity index (χ0) is 16.1. The van der Waals surface area contributed by atoms with E-state index in [0.29, 0.717) is 6.04 Å². The summed E-state index contributed by atoms with van der Waals surface area (Å²) in [5.74, 6) is 0.242. The zero-order valence-corrected chi connectivity index (χ0v) is 14.7. The van der Waals surface area contributed by atoms with Crippen molar-refractivity contribution in [2.45, 2.75) is 57.5 Å². The van der Waals surface area contributed by atoms with Crippen LogP contribution in [0.5, 0.6) is 0 Å². The maximum atomic E-state index is 11.5. The molecule has 0 N–H and O–H groups in total. The highest BCUT2D eigenvalue weighted by Gasteiger charge is 2.31. The van der Waals surface area contributed by atoms with Gasteiger partial charge in [0.1, 0.15) is 0 Å². The second kappa shape index (κ2) is 8.45. The highest BCUT2D eigenvalue weighted by molar-refractivity contribution is 5.73. The maximum absolute atomic E-state index is 11.5. The highest BCUT2D eigenvalue weighted by atomic mass is 16.5. The van der Waals surface area contributed by atoms with Crippen LogP contribution in [0.2, 0.25) is 0 Å². The largest absolute Gasteiger partial charge is 0.379 e. The smallest absolute Gasteiger partial charge is 0.219 e. The van der Waals surface area contributed by atoms with Crippen LogP contribution < -0.4 is 0 Å². The molecule has 0 bridgehead atoms. The molecule has 5 heteroatoms. The van der Waals surface area contributed by atoms with Crippen molar-refractivity contribution in [3.05, 3.63) is 0 Å². The van der Waals surface area contributed by atoms with Crippen molar-refractivity contribution in [3.8, 4) is 0 Å². The Morgan fingerprint density at radius 1 is 1.00 bits per heavy atom. The van der Waals surface area contributed by atoms with Gasteiger partial charge in [0.25, 0.3) is 0 Å². The Morgan fingerprint density at radius 2 is 1.74 bits per heavy atom. The van der Waals surface area contributed by atoms with Crippen molar-refractivity contribution in [2.75, 3.05) is 52.5 Å². The number of amides is 1. The molecule has 3 aliphatic rings. The molecule has 3 rings (SSSR count). The predicted molar refractivity (Wildman–Crippen MR) is 91.5 cm³/mol. The number of ether oxygens (including phenoxy) is 1. The molecule has 0 aromatic rings. The maximum Gasteiger partial charge on any atom is 0.219 e. The summed E-state index contributed by atoms with van der Waals surface area (Å²) in [7, 11) is 0. The highest BCUT2D eigenvalue weighted by Crippen LogP contribution is 2.27. The molecule has 1 unspecified atom stereocenters. The third-order valence-corrected chi connectivity index (χ3v) is 5.93. The van der Waals surface area contributed by atoms with Gasteiger partial charge in [-0.15, -0.1) is 0 Å². The minimum absolute atomic E-state index is 0.242. The van der Waals surface area contributed by atoms with Crippen molar-refractivity contribution in [1.82, 2.24) is 14.7 Å². The molecule has 3 saturated heterocycles. The average Bonchev–Trinajstić information content (AvgIpc) is 2.61. The zero-order valence-electron chi connectivity index (χ0n) is 14.7. The number of carbonyl (C=O) groups excluding carboxylic acids is 1. The van der Waals surface area contributed by atoms with Crippen molar-refractivity contribution in [1.29, 1.82) is 0 Å². The van der Waals surface area contributed by atoms with Crippen LogP contribution in [0.15, 0.2) is 0 Å². The monoisotopic (exact) mass is 323 g/mol. The summed E-state index contributed by atoms with van der Waals surface area (Å²) >= 11 is 0. The van der Waals surface area contributed by atoms with Crippen LogP contribution in [0, 0.1) is 0 Å². The number of nitrogens with zero attached hydrogens (tertiary/aromatic N) is 3. The lowest BCUT2D eigenvalue weighted by Gasteiger charge is -2.45. The molecular formula is C18H33N3O2. The Balaban J connectivity index is 1.49. The van der Waals surface area contributed by atoms with E-state index < -0.39 is 0 Å². The number of rotatable bonds is 4. The van der Waals surface area contributed by atoms with Gasteiger partial charge in [-0.2, -0.15) is 0 Å². The van der Waals surface area contributed by atoms with Gasteiger partial charge in [0.05, 0.1) is 13.2 Å². The molecule has 3 heterocycles. The summed E-state index contributed by atoms with van der Waals surface area (Å²) < 4.78 is 5.45. The van der Waals surface area contributed by atoms with E-state index in [0.717, 1.165) is 58.3 Å². The van der Waals surface area contributed by atoms with E-state index in [1.54, 1.807) is 6.92 Å². The first-order valence-electron chi connectivity index (χ1n) is 9.55. The van der Waals surface area contributed by atoms with Crippen LogP contribution >= 0.6 is 0 Å². The third kappa shape index (κ3) is 4.68. The Kier molecular flexibility index (Phi) is 6.31. The summed E-state index contributed by atoms with van der Waals surface area (Å²) in [6.45, 7) is 10.1. The van der Waals surface area contributed by atoms with E-state index in [2.05, 4.69) is 9.80 Å². The Morgan fingerprint density at radius 3 is 2.43 bits per heavy atom. The number of piperidine rings is 2. The molecule has 3 fully saturated rings. The number of hydrogen-bond acceptors (Lipinski definition) is 4. The molecular weight excluding hydrogens is 290 g/mol. The summed E-state index contributed by atoms with van der Waals surface area (Å²) in [5, 5.41) is 0. The Bertz CT molecular complexity index is 376. The van der Waals surface area contributed by atoms with Gasteiger partial charge in [0.2, 0.25) is 5.91 Å².